The topological polar surface area (TPSA) is 43.8 Å². The summed E-state index contributed by atoms with van der Waals surface area (Å²) < 4.78 is 2.47. The molecular weight excluding hydrogens is 234 g/mol. The standard InChI is InChI=1S/C16H23N3/c1-11(2)3-8-16-18-14-9-12(10-17)4-7-15(14)19(16)13-5-6-13/h4,7,9,11,13H,3,5-6,8,10,17H2,1-2H3. The van der Waals surface area contributed by atoms with Crippen LogP contribution in [0.25, 0.3) is 11.0 Å². The zero-order chi connectivity index (χ0) is 13.4. The smallest absolute Gasteiger partial charge is 0.110 e. The van der Waals surface area contributed by atoms with Crippen molar-refractivity contribution in [3.63, 3.8) is 0 Å². The molecule has 0 aliphatic heterocycles. The van der Waals surface area contributed by atoms with Crippen LogP contribution in [0.1, 0.15) is 50.5 Å². The second-order valence-electron chi connectivity index (χ2n) is 6.09. The first kappa shape index (κ1) is 12.7. The normalized spacial score (nSPS) is 15.6. The van der Waals surface area contributed by atoms with Crippen LogP contribution in [0.4, 0.5) is 0 Å². The highest BCUT2D eigenvalue weighted by Gasteiger charge is 2.28. The van der Waals surface area contributed by atoms with Gasteiger partial charge in [-0.1, -0.05) is 19.9 Å². The maximum Gasteiger partial charge on any atom is 0.110 e. The number of benzene rings is 1. The first-order chi connectivity index (χ1) is 9.19. The van der Waals surface area contributed by atoms with Crippen LogP contribution in [0.2, 0.25) is 0 Å². The lowest BCUT2D eigenvalue weighted by molar-refractivity contribution is 0.558. The van der Waals surface area contributed by atoms with Crippen LogP contribution in [-0.4, -0.2) is 9.55 Å². The average Bonchev–Trinajstić information content (AvgIpc) is 3.16. The summed E-state index contributed by atoms with van der Waals surface area (Å²) in [6.07, 6.45) is 4.90. The van der Waals surface area contributed by atoms with Gasteiger partial charge >= 0.3 is 0 Å². The molecule has 1 aromatic heterocycles. The van der Waals surface area contributed by atoms with Crippen LogP contribution in [0, 0.1) is 5.92 Å². The Bertz CT molecular complexity index is 579. The maximum absolute atomic E-state index is 5.72. The second kappa shape index (κ2) is 4.97. The third kappa shape index (κ3) is 2.52. The molecule has 1 aliphatic rings. The van der Waals surface area contributed by atoms with Crippen molar-refractivity contribution >= 4 is 11.0 Å². The Balaban J connectivity index is 2.01. The van der Waals surface area contributed by atoms with Crippen molar-refractivity contribution in [1.29, 1.82) is 0 Å². The van der Waals surface area contributed by atoms with E-state index in [1.165, 1.54) is 36.2 Å². The third-order valence-electron chi connectivity index (χ3n) is 3.92. The monoisotopic (exact) mass is 257 g/mol. The van der Waals surface area contributed by atoms with E-state index in [4.69, 9.17) is 10.7 Å². The molecule has 3 rings (SSSR count). The number of aromatic nitrogens is 2. The molecule has 1 aromatic carbocycles. The van der Waals surface area contributed by atoms with Gasteiger partial charge in [0.15, 0.2) is 0 Å². The van der Waals surface area contributed by atoms with E-state index in [1.54, 1.807) is 0 Å². The molecule has 1 heterocycles. The summed E-state index contributed by atoms with van der Waals surface area (Å²) in [5.41, 5.74) is 9.30. The van der Waals surface area contributed by atoms with Gasteiger partial charge in [0, 0.05) is 19.0 Å². The summed E-state index contributed by atoms with van der Waals surface area (Å²) in [6.45, 7) is 5.14. The fraction of sp³-hybridized carbons (Fsp3) is 0.562. The quantitative estimate of drug-likeness (QED) is 0.892. The number of fused-ring (bicyclic) bond motifs is 1. The van der Waals surface area contributed by atoms with Crippen molar-refractivity contribution in [2.45, 2.75) is 52.1 Å². The van der Waals surface area contributed by atoms with E-state index in [0.717, 1.165) is 17.9 Å². The average molecular weight is 257 g/mol. The van der Waals surface area contributed by atoms with Gasteiger partial charge in [0.05, 0.1) is 11.0 Å². The molecule has 0 bridgehead atoms. The highest BCUT2D eigenvalue weighted by Crippen LogP contribution is 2.39. The van der Waals surface area contributed by atoms with Gasteiger partial charge in [0.2, 0.25) is 0 Å². The number of imidazole rings is 1. The summed E-state index contributed by atoms with van der Waals surface area (Å²) >= 11 is 0. The highest BCUT2D eigenvalue weighted by molar-refractivity contribution is 5.77. The van der Waals surface area contributed by atoms with Crippen molar-refractivity contribution in [3.8, 4) is 0 Å². The Morgan fingerprint density at radius 2 is 2.16 bits per heavy atom. The molecule has 1 aliphatic carbocycles. The van der Waals surface area contributed by atoms with Crippen LogP contribution in [0.5, 0.6) is 0 Å². The number of nitrogens with two attached hydrogens (primary N) is 1. The van der Waals surface area contributed by atoms with E-state index in [2.05, 4.69) is 36.6 Å². The van der Waals surface area contributed by atoms with Gasteiger partial charge in [-0.15, -0.1) is 0 Å². The van der Waals surface area contributed by atoms with Gasteiger partial charge in [0.25, 0.3) is 0 Å². The molecule has 2 aromatic rings. The molecule has 0 amide bonds. The van der Waals surface area contributed by atoms with Crippen LogP contribution < -0.4 is 5.73 Å². The molecule has 19 heavy (non-hydrogen) atoms. The molecular formula is C16H23N3. The van der Waals surface area contributed by atoms with E-state index in [1.807, 2.05) is 0 Å². The molecule has 1 fully saturated rings. The van der Waals surface area contributed by atoms with Crippen molar-refractivity contribution in [2.24, 2.45) is 11.7 Å². The molecule has 0 saturated heterocycles. The van der Waals surface area contributed by atoms with Crippen molar-refractivity contribution in [1.82, 2.24) is 9.55 Å². The van der Waals surface area contributed by atoms with Crippen molar-refractivity contribution in [3.05, 3.63) is 29.6 Å². The maximum atomic E-state index is 5.72. The van der Waals surface area contributed by atoms with E-state index in [0.29, 0.717) is 12.6 Å². The number of rotatable bonds is 5. The van der Waals surface area contributed by atoms with Gasteiger partial charge in [-0.05, 0) is 42.9 Å². The first-order valence-corrected chi connectivity index (χ1v) is 7.39. The largest absolute Gasteiger partial charge is 0.326 e. The number of hydrogen-bond donors (Lipinski definition) is 1. The predicted molar refractivity (Wildman–Crippen MR) is 79.1 cm³/mol. The third-order valence-corrected chi connectivity index (χ3v) is 3.92. The number of hydrogen-bond acceptors (Lipinski definition) is 2. The molecule has 0 radical (unpaired) electrons. The van der Waals surface area contributed by atoms with E-state index in [-0.39, 0.29) is 0 Å². The molecule has 102 valence electrons. The van der Waals surface area contributed by atoms with Gasteiger partial charge in [-0.25, -0.2) is 4.98 Å². The molecule has 0 spiro atoms. The zero-order valence-electron chi connectivity index (χ0n) is 11.9. The molecule has 1 saturated carbocycles. The second-order valence-corrected chi connectivity index (χ2v) is 6.09. The summed E-state index contributed by atoms with van der Waals surface area (Å²) in [4.78, 5) is 4.86. The predicted octanol–water partition coefficient (Wildman–Crippen LogP) is 3.42. The molecule has 0 unspecified atom stereocenters. The van der Waals surface area contributed by atoms with E-state index < -0.39 is 0 Å². The lowest BCUT2D eigenvalue weighted by Gasteiger charge is -2.09. The first-order valence-electron chi connectivity index (χ1n) is 7.39. The van der Waals surface area contributed by atoms with Crippen LogP contribution in [0.3, 0.4) is 0 Å². The van der Waals surface area contributed by atoms with Crippen molar-refractivity contribution < 1.29 is 0 Å². The Labute approximate surface area is 114 Å². The van der Waals surface area contributed by atoms with E-state index in [9.17, 15) is 0 Å². The molecule has 3 nitrogen and oxygen atoms in total. The van der Waals surface area contributed by atoms with Gasteiger partial charge in [-0.3, -0.25) is 0 Å². The lowest BCUT2D eigenvalue weighted by atomic mass is 10.1. The Kier molecular flexibility index (Phi) is 3.31. The van der Waals surface area contributed by atoms with Crippen LogP contribution in [0.15, 0.2) is 18.2 Å². The highest BCUT2D eigenvalue weighted by atomic mass is 15.1. The minimum absolute atomic E-state index is 0.591. The van der Waals surface area contributed by atoms with Gasteiger partial charge in [0.1, 0.15) is 5.82 Å². The van der Waals surface area contributed by atoms with Crippen LogP contribution in [-0.2, 0) is 13.0 Å². The summed E-state index contributed by atoms with van der Waals surface area (Å²) in [5, 5.41) is 0. The summed E-state index contributed by atoms with van der Waals surface area (Å²) in [6, 6.07) is 7.17. The minimum atomic E-state index is 0.591. The molecule has 0 atom stereocenters. The molecule has 2 N–H and O–H groups in total. The van der Waals surface area contributed by atoms with Crippen LogP contribution >= 0.6 is 0 Å². The molecule has 3 heteroatoms. The fourth-order valence-corrected chi connectivity index (χ4v) is 2.66. The zero-order valence-corrected chi connectivity index (χ0v) is 11.9. The lowest BCUT2D eigenvalue weighted by Crippen LogP contribution is -2.03. The number of aryl methyl sites for hydroxylation is 1. The Hall–Kier alpha value is -1.35. The minimum Gasteiger partial charge on any atom is -0.326 e. The van der Waals surface area contributed by atoms with Crippen molar-refractivity contribution in [2.75, 3.05) is 0 Å². The SMILES string of the molecule is CC(C)CCc1nc2cc(CN)ccc2n1C1CC1. The van der Waals surface area contributed by atoms with Gasteiger partial charge < -0.3 is 10.3 Å². The number of nitrogens with zero attached hydrogens (tertiary/aromatic N) is 2. The van der Waals surface area contributed by atoms with E-state index >= 15 is 0 Å². The Morgan fingerprint density at radius 1 is 1.37 bits per heavy atom. The summed E-state index contributed by atoms with van der Waals surface area (Å²) in [5.74, 6) is 1.99. The summed E-state index contributed by atoms with van der Waals surface area (Å²) in [7, 11) is 0. The Morgan fingerprint density at radius 3 is 2.79 bits per heavy atom. The van der Waals surface area contributed by atoms with Gasteiger partial charge in [-0.2, -0.15) is 0 Å². The fourth-order valence-electron chi connectivity index (χ4n) is 2.66.